The van der Waals surface area contributed by atoms with Crippen LogP contribution in [0.3, 0.4) is 0 Å². The van der Waals surface area contributed by atoms with Gasteiger partial charge in [-0.2, -0.15) is 0 Å². The number of rotatable bonds is 5. The van der Waals surface area contributed by atoms with Crippen molar-refractivity contribution >= 4 is 22.8 Å². The average molecular weight is 489 g/mol. The molecule has 0 atom stereocenters. The molecule has 0 spiro atoms. The number of nitrogens with one attached hydrogen (secondary N) is 2. The Hall–Kier alpha value is -4.01. The molecule has 0 unspecified atom stereocenters. The molecule has 4 aromatic rings. The molecule has 0 fully saturated rings. The normalized spacial score (nSPS) is 13.5. The molecule has 186 valence electrons. The van der Waals surface area contributed by atoms with E-state index in [1.54, 1.807) is 11.1 Å². The van der Waals surface area contributed by atoms with Crippen molar-refractivity contribution in [3.8, 4) is 11.4 Å². The van der Waals surface area contributed by atoms with Gasteiger partial charge in [0.1, 0.15) is 17.2 Å². The summed E-state index contributed by atoms with van der Waals surface area (Å²) in [5.41, 5.74) is 3.90. The fourth-order valence-electron chi connectivity index (χ4n) is 4.36. The zero-order chi connectivity index (χ0) is 25.3. The predicted molar refractivity (Wildman–Crippen MR) is 136 cm³/mol. The number of hydrogen-bond acceptors (Lipinski definition) is 6. The molecule has 0 bridgehead atoms. The summed E-state index contributed by atoms with van der Waals surface area (Å²) in [6.45, 7) is 6.99. The Bertz CT molecular complexity index is 1410. The van der Waals surface area contributed by atoms with Gasteiger partial charge in [0.15, 0.2) is 5.82 Å². The first-order valence-electron chi connectivity index (χ1n) is 12.0. The fourth-order valence-corrected chi connectivity index (χ4v) is 4.36. The zero-order valence-corrected chi connectivity index (χ0v) is 20.6. The van der Waals surface area contributed by atoms with Crippen molar-refractivity contribution in [3.05, 3.63) is 71.6 Å². The van der Waals surface area contributed by atoms with Crippen molar-refractivity contribution in [2.24, 2.45) is 0 Å². The number of benzene rings is 1. The van der Waals surface area contributed by atoms with Crippen LogP contribution in [-0.4, -0.2) is 49.6 Å². The van der Waals surface area contributed by atoms with E-state index >= 15 is 0 Å². The molecule has 5 rings (SSSR count). The molecule has 8 nitrogen and oxygen atoms in total. The van der Waals surface area contributed by atoms with Crippen molar-refractivity contribution in [2.75, 3.05) is 18.4 Å². The van der Waals surface area contributed by atoms with Gasteiger partial charge in [-0.1, -0.05) is 18.2 Å². The monoisotopic (exact) mass is 488 g/mol. The van der Waals surface area contributed by atoms with Crippen LogP contribution in [0.15, 0.2) is 48.9 Å². The number of pyridine rings is 1. The maximum absolute atomic E-state index is 13.9. The lowest BCUT2D eigenvalue weighted by atomic mass is 10.1. The van der Waals surface area contributed by atoms with Crippen molar-refractivity contribution in [2.45, 2.75) is 45.8 Å². The molecular weight excluding hydrogens is 459 g/mol. The van der Waals surface area contributed by atoms with Gasteiger partial charge >= 0.3 is 6.09 Å². The Morgan fingerprint density at radius 1 is 1.22 bits per heavy atom. The Balaban J connectivity index is 1.42. The number of amides is 1. The highest BCUT2D eigenvalue weighted by Crippen LogP contribution is 2.28. The number of anilines is 1. The lowest BCUT2D eigenvalue weighted by molar-refractivity contribution is 0.0223. The summed E-state index contributed by atoms with van der Waals surface area (Å²) in [7, 11) is 0. The number of carbonyl (C=O) groups is 1. The van der Waals surface area contributed by atoms with Crippen LogP contribution in [0.4, 0.5) is 15.0 Å². The molecule has 4 heterocycles. The van der Waals surface area contributed by atoms with Crippen LogP contribution in [0, 0.1) is 5.82 Å². The third kappa shape index (κ3) is 5.15. The smallest absolute Gasteiger partial charge is 0.410 e. The molecule has 0 saturated carbocycles. The number of aromatic amines is 1. The number of carbonyl (C=O) groups excluding carboxylic acids is 1. The molecule has 1 aliphatic heterocycles. The minimum Gasteiger partial charge on any atom is -0.444 e. The molecule has 0 saturated heterocycles. The number of fused-ring (bicyclic) bond motifs is 2. The van der Waals surface area contributed by atoms with Crippen molar-refractivity contribution in [1.29, 1.82) is 0 Å². The largest absolute Gasteiger partial charge is 0.444 e. The van der Waals surface area contributed by atoms with Crippen LogP contribution in [0.5, 0.6) is 0 Å². The van der Waals surface area contributed by atoms with Crippen LogP contribution < -0.4 is 5.32 Å². The van der Waals surface area contributed by atoms with Crippen LogP contribution in [0.25, 0.3) is 22.3 Å². The molecule has 9 heteroatoms. The van der Waals surface area contributed by atoms with E-state index < -0.39 is 11.4 Å². The molecule has 0 aliphatic carbocycles. The lowest BCUT2D eigenvalue weighted by Crippen LogP contribution is -2.40. The molecule has 36 heavy (non-hydrogen) atoms. The third-order valence-corrected chi connectivity index (χ3v) is 6.04. The van der Waals surface area contributed by atoms with Gasteiger partial charge in [0, 0.05) is 53.9 Å². The molecule has 2 N–H and O–H groups in total. The highest BCUT2D eigenvalue weighted by Gasteiger charge is 2.29. The molecule has 0 radical (unpaired) electrons. The zero-order valence-electron chi connectivity index (χ0n) is 20.6. The van der Waals surface area contributed by atoms with Gasteiger partial charge in [0.2, 0.25) is 0 Å². The van der Waals surface area contributed by atoms with Gasteiger partial charge in [-0.25, -0.2) is 19.2 Å². The summed E-state index contributed by atoms with van der Waals surface area (Å²) in [6, 6.07) is 9.56. The van der Waals surface area contributed by atoms with Crippen molar-refractivity contribution in [3.63, 3.8) is 0 Å². The minimum atomic E-state index is -0.581. The van der Waals surface area contributed by atoms with E-state index in [-0.39, 0.29) is 6.09 Å². The van der Waals surface area contributed by atoms with Crippen molar-refractivity contribution < 1.29 is 13.9 Å². The first-order chi connectivity index (χ1) is 17.3. The standard InChI is InChI=1S/C27H29FN6O2/c1-27(2,3)36-26(35)34-11-9-23-21(16-34)25(33-24(32-23)18-12-19(28)15-29-13-18)30-10-8-17-14-31-22-7-5-4-6-20(17)22/h4-7,12-15,31H,8-11,16H2,1-3H3,(H,30,32,33). The fraction of sp³-hybridized carbons (Fsp3) is 0.333. The second-order valence-electron chi connectivity index (χ2n) is 9.90. The average Bonchev–Trinajstić information content (AvgIpc) is 3.25. The first-order valence-corrected chi connectivity index (χ1v) is 12.0. The van der Waals surface area contributed by atoms with Gasteiger partial charge in [-0.3, -0.25) is 4.98 Å². The maximum Gasteiger partial charge on any atom is 0.410 e. The molecular formula is C27H29FN6O2. The summed E-state index contributed by atoms with van der Waals surface area (Å²) < 4.78 is 19.4. The second-order valence-corrected chi connectivity index (χ2v) is 9.90. The van der Waals surface area contributed by atoms with Crippen LogP contribution in [-0.2, 0) is 24.1 Å². The summed E-state index contributed by atoms with van der Waals surface area (Å²) in [4.78, 5) is 31.1. The van der Waals surface area contributed by atoms with Crippen LogP contribution >= 0.6 is 0 Å². The van der Waals surface area contributed by atoms with Crippen LogP contribution in [0.1, 0.15) is 37.6 Å². The van der Waals surface area contributed by atoms with E-state index in [0.717, 1.165) is 29.4 Å². The number of hydrogen-bond donors (Lipinski definition) is 2. The summed E-state index contributed by atoms with van der Waals surface area (Å²) in [5, 5.41) is 4.64. The highest BCUT2D eigenvalue weighted by molar-refractivity contribution is 5.83. The van der Waals surface area contributed by atoms with Crippen LogP contribution in [0.2, 0.25) is 0 Å². The molecule has 1 aromatic carbocycles. The Labute approximate surface area is 208 Å². The predicted octanol–water partition coefficient (Wildman–Crippen LogP) is 5.11. The van der Waals surface area contributed by atoms with Gasteiger partial charge < -0.3 is 19.9 Å². The van der Waals surface area contributed by atoms with E-state index in [0.29, 0.717) is 43.3 Å². The number of ether oxygens (including phenoxy) is 1. The number of para-hydroxylation sites is 1. The highest BCUT2D eigenvalue weighted by atomic mass is 19.1. The van der Waals surface area contributed by atoms with E-state index in [2.05, 4.69) is 27.4 Å². The maximum atomic E-state index is 13.9. The summed E-state index contributed by atoms with van der Waals surface area (Å²) >= 11 is 0. The molecule has 1 amide bonds. The summed E-state index contributed by atoms with van der Waals surface area (Å²) in [6.07, 6.45) is 5.68. The summed E-state index contributed by atoms with van der Waals surface area (Å²) in [5.74, 6) is 0.590. The van der Waals surface area contributed by atoms with Gasteiger partial charge in [0.25, 0.3) is 0 Å². The number of halogens is 1. The Morgan fingerprint density at radius 3 is 2.86 bits per heavy atom. The number of aromatic nitrogens is 4. The Morgan fingerprint density at radius 2 is 2.06 bits per heavy atom. The van der Waals surface area contributed by atoms with E-state index in [9.17, 15) is 9.18 Å². The minimum absolute atomic E-state index is 0.335. The topological polar surface area (TPSA) is 96.0 Å². The second kappa shape index (κ2) is 9.56. The van der Waals surface area contributed by atoms with Gasteiger partial charge in [0.05, 0.1) is 18.4 Å². The van der Waals surface area contributed by atoms with E-state index in [1.165, 1.54) is 17.0 Å². The number of H-pyrrole nitrogens is 1. The van der Waals surface area contributed by atoms with Crippen molar-refractivity contribution in [1.82, 2.24) is 24.8 Å². The van der Waals surface area contributed by atoms with E-state index in [1.807, 2.05) is 39.1 Å². The molecule has 3 aromatic heterocycles. The van der Waals surface area contributed by atoms with Gasteiger partial charge in [-0.15, -0.1) is 0 Å². The lowest BCUT2D eigenvalue weighted by Gasteiger charge is -2.31. The molecule has 1 aliphatic rings. The SMILES string of the molecule is CC(C)(C)OC(=O)N1CCc2nc(-c3cncc(F)c3)nc(NCCc3c[nH]c4ccccc34)c2C1. The van der Waals surface area contributed by atoms with E-state index in [4.69, 9.17) is 14.7 Å². The Kier molecular flexibility index (Phi) is 6.30. The first kappa shape index (κ1) is 23.7. The number of nitrogens with zero attached hydrogens (tertiary/aromatic N) is 4. The third-order valence-electron chi connectivity index (χ3n) is 6.04. The van der Waals surface area contributed by atoms with Gasteiger partial charge in [-0.05, 0) is 44.9 Å². The quantitative estimate of drug-likeness (QED) is 0.405.